The molecule has 0 unspecified atom stereocenters. The lowest BCUT2D eigenvalue weighted by molar-refractivity contribution is 0.0728. The maximum absolute atomic E-state index is 12.7. The Labute approximate surface area is 157 Å². The van der Waals surface area contributed by atoms with Crippen molar-refractivity contribution in [1.29, 1.82) is 0 Å². The Bertz CT molecular complexity index is 827. The van der Waals surface area contributed by atoms with Gasteiger partial charge in [0.2, 0.25) is 5.95 Å². The Kier molecular flexibility index (Phi) is 4.20. The molecule has 2 fully saturated rings. The molecule has 1 saturated carbocycles. The van der Waals surface area contributed by atoms with Crippen LogP contribution in [0.4, 0.5) is 11.8 Å². The lowest BCUT2D eigenvalue weighted by Crippen LogP contribution is -2.40. The monoisotopic (exact) mass is 368 g/mol. The molecule has 2 aromatic rings. The predicted molar refractivity (Wildman–Crippen MR) is 101 cm³/mol. The molecule has 0 radical (unpaired) electrons. The van der Waals surface area contributed by atoms with Crippen molar-refractivity contribution in [2.24, 2.45) is 0 Å². The second-order valence-electron chi connectivity index (χ2n) is 7.38. The quantitative estimate of drug-likeness (QED) is 0.849. The van der Waals surface area contributed by atoms with Gasteiger partial charge in [-0.3, -0.25) is 4.79 Å². The highest BCUT2D eigenvalue weighted by Gasteiger charge is 2.30. The zero-order valence-electron chi connectivity index (χ0n) is 15.3. The zero-order valence-corrected chi connectivity index (χ0v) is 15.3. The molecule has 27 heavy (non-hydrogen) atoms. The van der Waals surface area contributed by atoms with Gasteiger partial charge in [0, 0.05) is 43.9 Å². The van der Waals surface area contributed by atoms with Gasteiger partial charge < -0.3 is 24.8 Å². The van der Waals surface area contributed by atoms with Crippen LogP contribution >= 0.6 is 0 Å². The van der Waals surface area contributed by atoms with E-state index in [0.29, 0.717) is 38.0 Å². The molecule has 0 spiro atoms. The number of nitrogens with one attached hydrogen (secondary N) is 2. The van der Waals surface area contributed by atoms with Gasteiger partial charge in [-0.1, -0.05) is 0 Å². The SMILES string of the molecule is O=C(c1ccc[nH]1)N1CCc2nc(N3CCOCC3)nc(NC3CC3)c2C1. The maximum atomic E-state index is 12.7. The molecule has 2 aliphatic heterocycles. The summed E-state index contributed by atoms with van der Waals surface area (Å²) < 4.78 is 5.45. The van der Waals surface area contributed by atoms with Crippen molar-refractivity contribution in [1.82, 2.24) is 19.9 Å². The molecule has 1 aliphatic carbocycles. The van der Waals surface area contributed by atoms with Crippen LogP contribution in [0.5, 0.6) is 0 Å². The number of carbonyl (C=O) groups is 1. The Morgan fingerprint density at radius 1 is 1.22 bits per heavy atom. The van der Waals surface area contributed by atoms with Crippen LogP contribution in [-0.2, 0) is 17.7 Å². The van der Waals surface area contributed by atoms with Crippen molar-refractivity contribution >= 4 is 17.7 Å². The van der Waals surface area contributed by atoms with Crippen LogP contribution in [0.25, 0.3) is 0 Å². The number of aromatic nitrogens is 3. The van der Waals surface area contributed by atoms with E-state index in [4.69, 9.17) is 14.7 Å². The minimum Gasteiger partial charge on any atom is -0.378 e. The van der Waals surface area contributed by atoms with E-state index in [1.165, 1.54) is 12.8 Å². The fourth-order valence-corrected chi connectivity index (χ4v) is 3.65. The molecule has 5 rings (SSSR count). The third-order valence-corrected chi connectivity index (χ3v) is 5.38. The van der Waals surface area contributed by atoms with Gasteiger partial charge in [-0.05, 0) is 25.0 Å². The lowest BCUT2D eigenvalue weighted by atomic mass is 10.1. The molecule has 142 valence electrons. The topological polar surface area (TPSA) is 86.4 Å². The standard InChI is InChI=1S/C19H24N6O2/c26-18(16-2-1-6-20-16)25-7-5-15-14(12-25)17(21-13-3-4-13)23-19(22-15)24-8-10-27-11-9-24/h1-2,6,13,20H,3-5,7-12H2,(H,21,22,23). The van der Waals surface area contributed by atoms with Crippen LogP contribution in [-0.4, -0.2) is 64.6 Å². The Hall–Kier alpha value is -2.61. The summed E-state index contributed by atoms with van der Waals surface area (Å²) in [5.41, 5.74) is 2.75. The fraction of sp³-hybridized carbons (Fsp3) is 0.526. The Balaban J connectivity index is 1.44. The van der Waals surface area contributed by atoms with Crippen molar-refractivity contribution in [2.75, 3.05) is 43.1 Å². The highest BCUT2D eigenvalue weighted by molar-refractivity contribution is 5.92. The number of carbonyl (C=O) groups excluding carboxylic acids is 1. The van der Waals surface area contributed by atoms with Crippen LogP contribution in [0, 0.1) is 0 Å². The summed E-state index contributed by atoms with van der Waals surface area (Å²) in [5.74, 6) is 1.71. The molecule has 2 N–H and O–H groups in total. The number of H-pyrrole nitrogens is 1. The number of anilines is 2. The van der Waals surface area contributed by atoms with E-state index in [2.05, 4.69) is 15.2 Å². The number of rotatable bonds is 4. The van der Waals surface area contributed by atoms with Crippen LogP contribution in [0.2, 0.25) is 0 Å². The van der Waals surface area contributed by atoms with Gasteiger partial charge in [0.15, 0.2) is 0 Å². The van der Waals surface area contributed by atoms with E-state index in [1.807, 2.05) is 17.0 Å². The third-order valence-electron chi connectivity index (χ3n) is 5.38. The number of hydrogen-bond donors (Lipinski definition) is 2. The first-order chi connectivity index (χ1) is 13.3. The molecule has 1 amide bonds. The molecule has 2 aromatic heterocycles. The molecule has 0 aromatic carbocycles. The van der Waals surface area contributed by atoms with E-state index in [0.717, 1.165) is 42.5 Å². The van der Waals surface area contributed by atoms with Crippen molar-refractivity contribution < 1.29 is 9.53 Å². The van der Waals surface area contributed by atoms with Crippen molar-refractivity contribution in [3.63, 3.8) is 0 Å². The highest BCUT2D eigenvalue weighted by Crippen LogP contribution is 2.31. The summed E-state index contributed by atoms with van der Waals surface area (Å²) in [6.45, 7) is 4.28. The van der Waals surface area contributed by atoms with Crippen LogP contribution < -0.4 is 10.2 Å². The lowest BCUT2D eigenvalue weighted by Gasteiger charge is -2.32. The number of fused-ring (bicyclic) bond motifs is 1. The van der Waals surface area contributed by atoms with E-state index in [9.17, 15) is 4.79 Å². The summed E-state index contributed by atoms with van der Waals surface area (Å²) in [6, 6.07) is 4.17. The van der Waals surface area contributed by atoms with E-state index in [1.54, 1.807) is 6.20 Å². The van der Waals surface area contributed by atoms with Gasteiger partial charge in [-0.15, -0.1) is 0 Å². The summed E-state index contributed by atoms with van der Waals surface area (Å²) in [5, 5.41) is 3.56. The van der Waals surface area contributed by atoms with Crippen molar-refractivity contribution in [3.8, 4) is 0 Å². The Morgan fingerprint density at radius 3 is 2.81 bits per heavy atom. The smallest absolute Gasteiger partial charge is 0.270 e. The minimum absolute atomic E-state index is 0.0280. The first kappa shape index (κ1) is 16.6. The normalized spacial score (nSPS) is 19.7. The molecular weight excluding hydrogens is 344 g/mol. The molecule has 3 aliphatic rings. The van der Waals surface area contributed by atoms with Crippen molar-refractivity contribution in [3.05, 3.63) is 35.3 Å². The molecular formula is C19H24N6O2. The molecule has 0 bridgehead atoms. The summed E-state index contributed by atoms with van der Waals surface area (Å²) >= 11 is 0. The van der Waals surface area contributed by atoms with Crippen LogP contribution in [0.3, 0.4) is 0 Å². The molecule has 8 nitrogen and oxygen atoms in total. The minimum atomic E-state index is 0.0280. The molecule has 4 heterocycles. The zero-order chi connectivity index (χ0) is 18.2. The first-order valence-electron chi connectivity index (χ1n) is 9.69. The average Bonchev–Trinajstić information content (AvgIpc) is 3.36. The average molecular weight is 368 g/mol. The number of amides is 1. The number of nitrogens with zero attached hydrogens (tertiary/aromatic N) is 4. The van der Waals surface area contributed by atoms with E-state index >= 15 is 0 Å². The summed E-state index contributed by atoms with van der Waals surface area (Å²) in [7, 11) is 0. The summed E-state index contributed by atoms with van der Waals surface area (Å²) in [4.78, 5) is 29.5. The van der Waals surface area contributed by atoms with Crippen LogP contribution in [0.1, 0.15) is 34.6 Å². The second kappa shape index (κ2) is 6.84. The number of hydrogen-bond acceptors (Lipinski definition) is 6. The van der Waals surface area contributed by atoms with Gasteiger partial charge in [-0.25, -0.2) is 4.98 Å². The Morgan fingerprint density at radius 2 is 2.07 bits per heavy atom. The van der Waals surface area contributed by atoms with Crippen LogP contribution in [0.15, 0.2) is 18.3 Å². The third kappa shape index (κ3) is 3.37. The number of morpholine rings is 1. The molecule has 8 heteroatoms. The summed E-state index contributed by atoms with van der Waals surface area (Å²) in [6.07, 6.45) is 4.89. The number of ether oxygens (including phenoxy) is 1. The molecule has 1 saturated heterocycles. The predicted octanol–water partition coefficient (Wildman–Crippen LogP) is 1.41. The van der Waals surface area contributed by atoms with Gasteiger partial charge >= 0.3 is 0 Å². The highest BCUT2D eigenvalue weighted by atomic mass is 16.5. The fourth-order valence-electron chi connectivity index (χ4n) is 3.65. The van der Waals surface area contributed by atoms with E-state index < -0.39 is 0 Å². The largest absolute Gasteiger partial charge is 0.378 e. The first-order valence-corrected chi connectivity index (χ1v) is 9.69. The second-order valence-corrected chi connectivity index (χ2v) is 7.38. The van der Waals surface area contributed by atoms with E-state index in [-0.39, 0.29) is 5.91 Å². The van der Waals surface area contributed by atoms with Gasteiger partial charge in [-0.2, -0.15) is 4.98 Å². The van der Waals surface area contributed by atoms with Gasteiger partial charge in [0.05, 0.1) is 25.5 Å². The van der Waals surface area contributed by atoms with Crippen molar-refractivity contribution in [2.45, 2.75) is 31.8 Å². The maximum Gasteiger partial charge on any atom is 0.270 e. The van der Waals surface area contributed by atoms with Gasteiger partial charge in [0.25, 0.3) is 5.91 Å². The molecule has 0 atom stereocenters. The number of aromatic amines is 1. The van der Waals surface area contributed by atoms with Gasteiger partial charge in [0.1, 0.15) is 11.5 Å².